The zero-order chi connectivity index (χ0) is 33.6. The second-order valence-electron chi connectivity index (χ2n) is 11.8. The summed E-state index contributed by atoms with van der Waals surface area (Å²) in [4.78, 5) is 43.6. The molecule has 0 bridgehead atoms. The van der Waals surface area contributed by atoms with Crippen molar-refractivity contribution in [2.45, 2.75) is 78.9 Å². The molecular formula is C33H38N3O9P. The van der Waals surface area contributed by atoms with E-state index in [-0.39, 0.29) is 35.8 Å². The summed E-state index contributed by atoms with van der Waals surface area (Å²) >= 11 is 0. The lowest BCUT2D eigenvalue weighted by atomic mass is 10.1. The molecule has 0 fully saturated rings. The predicted molar refractivity (Wildman–Crippen MR) is 170 cm³/mol. The first kappa shape index (κ1) is 34.4. The summed E-state index contributed by atoms with van der Waals surface area (Å²) in [5.41, 5.74) is 1.56. The van der Waals surface area contributed by atoms with Crippen molar-refractivity contribution in [3.8, 4) is 17.2 Å². The molecule has 4 rings (SSSR count). The van der Waals surface area contributed by atoms with Crippen LogP contribution in [0.1, 0.15) is 57.0 Å². The topological polar surface area (TPSA) is 165 Å². The number of ether oxygens (including phenoxy) is 3. The van der Waals surface area contributed by atoms with E-state index in [0.29, 0.717) is 27.7 Å². The van der Waals surface area contributed by atoms with Gasteiger partial charge in [-0.2, -0.15) is 0 Å². The van der Waals surface area contributed by atoms with Gasteiger partial charge in [0.05, 0.1) is 23.9 Å². The molecule has 0 aliphatic heterocycles. The number of aliphatic hydroxyl groups is 1. The second-order valence-corrected chi connectivity index (χ2v) is 12.7. The van der Waals surface area contributed by atoms with Crippen LogP contribution in [0.3, 0.4) is 0 Å². The molecule has 0 aliphatic rings. The van der Waals surface area contributed by atoms with Crippen LogP contribution in [-0.4, -0.2) is 49.6 Å². The Morgan fingerprint density at radius 1 is 1.07 bits per heavy atom. The van der Waals surface area contributed by atoms with Gasteiger partial charge >= 0.3 is 20.2 Å². The van der Waals surface area contributed by atoms with Crippen molar-refractivity contribution in [2.75, 3.05) is 0 Å². The molecule has 2 heterocycles. The van der Waals surface area contributed by atoms with Gasteiger partial charge in [-0.15, -0.1) is 0 Å². The highest BCUT2D eigenvalue weighted by Gasteiger charge is 2.29. The number of fused-ring (bicyclic) bond motifs is 1. The summed E-state index contributed by atoms with van der Waals surface area (Å²) in [5, 5.41) is 20.7. The number of aromatic nitrogens is 2. The average Bonchev–Trinajstić information content (AvgIpc) is 3.35. The van der Waals surface area contributed by atoms with Crippen molar-refractivity contribution in [3.63, 3.8) is 0 Å². The zero-order valence-corrected chi connectivity index (χ0v) is 27.5. The predicted octanol–water partition coefficient (Wildman–Crippen LogP) is 5.70. The van der Waals surface area contributed by atoms with Crippen molar-refractivity contribution in [1.82, 2.24) is 9.55 Å². The maximum atomic E-state index is 13.3. The number of para-hydroxylation sites is 3. The number of carbonyl (C=O) groups excluding carboxylic acids is 2. The third kappa shape index (κ3) is 8.60. The Morgan fingerprint density at radius 3 is 2.41 bits per heavy atom. The van der Waals surface area contributed by atoms with E-state index in [2.05, 4.69) is 9.73 Å². The minimum atomic E-state index is -2.81. The van der Waals surface area contributed by atoms with Gasteiger partial charge in [-0.3, -0.25) is 14.1 Å². The summed E-state index contributed by atoms with van der Waals surface area (Å²) in [6, 6.07) is 12.4. The number of esters is 1. The third-order valence-corrected chi connectivity index (χ3v) is 7.47. The number of rotatable bonds is 11. The fraction of sp³-hybridized carbons (Fsp3) is 0.364. The number of aryl methyl sites for hydroxylation is 1. The van der Waals surface area contributed by atoms with E-state index in [9.17, 15) is 24.7 Å². The number of hydrogen-bond donors (Lipinski definition) is 2. The Balaban J connectivity index is 1.61. The molecule has 0 saturated heterocycles. The highest BCUT2D eigenvalue weighted by atomic mass is 31.1. The molecular weight excluding hydrogens is 613 g/mol. The SMILES string of the molecule is Cc1ncc(COc2ccccc2O[P+]([O-])=N[C@@H](Cc2cn(C(=O)OC(C)(C)C)c3ccccc23)C(=O)OC(C)C)c(CO)c1O. The molecule has 4 aromatic rings. The fourth-order valence-corrected chi connectivity index (χ4v) is 5.34. The third-order valence-electron chi connectivity index (χ3n) is 6.65. The number of aliphatic hydroxyl groups excluding tert-OH is 1. The van der Waals surface area contributed by atoms with Crippen LogP contribution in [0.4, 0.5) is 4.79 Å². The van der Waals surface area contributed by atoms with Crippen LogP contribution in [0.25, 0.3) is 10.9 Å². The molecule has 13 heteroatoms. The van der Waals surface area contributed by atoms with Crippen molar-refractivity contribution in [1.29, 1.82) is 0 Å². The van der Waals surface area contributed by atoms with Crippen molar-refractivity contribution < 1.29 is 43.4 Å². The lowest BCUT2D eigenvalue weighted by molar-refractivity contribution is -0.170. The maximum absolute atomic E-state index is 13.3. The maximum Gasteiger partial charge on any atom is 0.419 e. The largest absolute Gasteiger partial charge is 0.575 e. The molecule has 2 aromatic carbocycles. The molecule has 46 heavy (non-hydrogen) atoms. The minimum Gasteiger partial charge on any atom is -0.575 e. The van der Waals surface area contributed by atoms with Crippen molar-refractivity contribution >= 4 is 31.1 Å². The molecule has 244 valence electrons. The van der Waals surface area contributed by atoms with E-state index < -0.39 is 44.6 Å². The van der Waals surface area contributed by atoms with Gasteiger partial charge in [0.15, 0.2) is 11.8 Å². The Kier molecular flexibility index (Phi) is 11.0. The van der Waals surface area contributed by atoms with Gasteiger partial charge < -0.3 is 29.3 Å². The molecule has 0 radical (unpaired) electrons. The average molecular weight is 652 g/mol. The number of carbonyl (C=O) groups is 2. The summed E-state index contributed by atoms with van der Waals surface area (Å²) in [5.74, 6) is -0.515. The Labute approximate surface area is 268 Å². The van der Waals surface area contributed by atoms with Crippen LogP contribution >= 0.6 is 8.17 Å². The first-order valence-electron chi connectivity index (χ1n) is 14.6. The van der Waals surface area contributed by atoms with E-state index >= 15 is 0 Å². The van der Waals surface area contributed by atoms with Crippen LogP contribution in [0.5, 0.6) is 17.2 Å². The number of benzene rings is 2. The van der Waals surface area contributed by atoms with E-state index in [1.54, 1.807) is 78.1 Å². The molecule has 0 aliphatic carbocycles. The van der Waals surface area contributed by atoms with Gasteiger partial charge in [0.1, 0.15) is 18.0 Å². The zero-order valence-electron chi connectivity index (χ0n) is 26.6. The van der Waals surface area contributed by atoms with Gasteiger partial charge in [-0.25, -0.2) is 9.59 Å². The van der Waals surface area contributed by atoms with Crippen LogP contribution in [-0.2, 0) is 33.9 Å². The molecule has 12 nitrogen and oxygen atoms in total. The molecule has 2 aromatic heterocycles. The quantitative estimate of drug-likeness (QED) is 0.152. The molecule has 1 unspecified atom stereocenters. The summed E-state index contributed by atoms with van der Waals surface area (Å²) in [6.07, 6.45) is 2.00. The monoisotopic (exact) mass is 651 g/mol. The summed E-state index contributed by atoms with van der Waals surface area (Å²) in [7, 11) is -2.81. The fourth-order valence-electron chi connectivity index (χ4n) is 4.57. The van der Waals surface area contributed by atoms with Gasteiger partial charge in [0, 0.05) is 35.3 Å². The highest BCUT2D eigenvalue weighted by Crippen LogP contribution is 2.35. The standard InChI is InChI=1S/C33H38N3O9P/c1-20(2)43-31(39)26(15-22-17-36(32(40)44-33(4,5)6)27-12-8-7-11-24(22)27)35-46(41)45-29-14-10-9-13-28(29)42-19-23-16-34-21(3)30(38)25(23)18-37/h7-14,16-17,20,26,37-38H,15,18-19H2,1-6H3/t26-/m0/s1. The normalized spacial score (nSPS) is 12.7. The lowest BCUT2D eigenvalue weighted by Gasteiger charge is -2.19. The van der Waals surface area contributed by atoms with Gasteiger partial charge in [0.25, 0.3) is 0 Å². The number of pyridine rings is 1. The smallest absolute Gasteiger partial charge is 0.419 e. The first-order chi connectivity index (χ1) is 21.8. The van der Waals surface area contributed by atoms with E-state index in [1.165, 1.54) is 16.8 Å². The van der Waals surface area contributed by atoms with E-state index in [4.69, 9.17) is 18.7 Å². The van der Waals surface area contributed by atoms with Gasteiger partial charge in [0.2, 0.25) is 5.75 Å². The Morgan fingerprint density at radius 2 is 1.74 bits per heavy atom. The summed E-state index contributed by atoms with van der Waals surface area (Å²) in [6.45, 7) is 9.82. The molecule has 2 N–H and O–H groups in total. The van der Waals surface area contributed by atoms with Crippen LogP contribution < -0.4 is 14.2 Å². The van der Waals surface area contributed by atoms with Crippen molar-refractivity contribution in [2.24, 2.45) is 4.74 Å². The molecule has 0 amide bonds. The number of nitrogens with zero attached hydrogens (tertiary/aromatic N) is 3. The summed E-state index contributed by atoms with van der Waals surface area (Å²) < 4.78 is 28.1. The van der Waals surface area contributed by atoms with Gasteiger partial charge in [-0.05, 0) is 65.3 Å². The second kappa shape index (κ2) is 14.7. The number of hydrogen-bond acceptors (Lipinski definition) is 11. The van der Waals surface area contributed by atoms with E-state index in [0.717, 1.165) is 0 Å². The first-order valence-corrected chi connectivity index (χ1v) is 15.8. The lowest BCUT2D eigenvalue weighted by Crippen LogP contribution is -2.27. The highest BCUT2D eigenvalue weighted by molar-refractivity contribution is 7.34. The van der Waals surface area contributed by atoms with E-state index in [1.807, 2.05) is 12.1 Å². The number of aromatic hydroxyl groups is 1. The van der Waals surface area contributed by atoms with Crippen LogP contribution in [0.15, 0.2) is 65.7 Å². The molecule has 2 atom stereocenters. The Bertz CT molecular complexity index is 1740. The van der Waals surface area contributed by atoms with Gasteiger partial charge in [-0.1, -0.05) is 35.1 Å². The van der Waals surface area contributed by atoms with Crippen LogP contribution in [0.2, 0.25) is 0 Å². The minimum absolute atomic E-state index is 0.0295. The molecule has 0 saturated carbocycles. The Hall–Kier alpha value is -4.51. The molecule has 0 spiro atoms. The van der Waals surface area contributed by atoms with Crippen molar-refractivity contribution in [3.05, 3.63) is 83.3 Å². The van der Waals surface area contributed by atoms with Crippen LogP contribution in [0, 0.1) is 6.92 Å².